The van der Waals surface area contributed by atoms with Gasteiger partial charge in [-0.05, 0) is 31.0 Å². The van der Waals surface area contributed by atoms with Crippen molar-refractivity contribution in [2.75, 3.05) is 31.6 Å². The zero-order valence-corrected chi connectivity index (χ0v) is 14.3. The van der Waals surface area contributed by atoms with Crippen LogP contribution in [-0.2, 0) is 26.5 Å². The third-order valence-corrected chi connectivity index (χ3v) is 5.80. The molecule has 0 atom stereocenters. The Hall–Kier alpha value is -1.03. The quantitative estimate of drug-likeness (QED) is 0.704. The van der Waals surface area contributed by atoms with Gasteiger partial charge in [-0.1, -0.05) is 12.1 Å². The SMILES string of the molecule is CCS(=O)(=O)NCCN(CCc1ccc(F)cc1)S(C)(=O)=O. The number of rotatable bonds is 9. The van der Waals surface area contributed by atoms with E-state index in [0.717, 1.165) is 11.8 Å². The lowest BCUT2D eigenvalue weighted by molar-refractivity contribution is 0.420. The van der Waals surface area contributed by atoms with Gasteiger partial charge in [-0.15, -0.1) is 0 Å². The number of sulfonamides is 2. The van der Waals surface area contributed by atoms with Gasteiger partial charge in [0.1, 0.15) is 5.82 Å². The molecule has 1 N–H and O–H groups in total. The van der Waals surface area contributed by atoms with Crippen LogP contribution in [0.2, 0.25) is 0 Å². The Bertz CT molecular complexity index is 672. The van der Waals surface area contributed by atoms with Gasteiger partial charge in [-0.2, -0.15) is 0 Å². The van der Waals surface area contributed by atoms with Crippen LogP contribution >= 0.6 is 0 Å². The Morgan fingerprint density at radius 1 is 1.09 bits per heavy atom. The van der Waals surface area contributed by atoms with Crippen LogP contribution in [0, 0.1) is 5.82 Å². The highest BCUT2D eigenvalue weighted by atomic mass is 32.2. The van der Waals surface area contributed by atoms with Crippen molar-refractivity contribution < 1.29 is 21.2 Å². The standard InChI is InChI=1S/C13H21FN2O4S2/c1-3-22(19,20)15-9-11-16(21(2,17)18)10-8-12-4-6-13(14)7-5-12/h4-7,15H,3,8-11H2,1-2H3. The molecule has 0 bridgehead atoms. The Morgan fingerprint density at radius 3 is 2.18 bits per heavy atom. The molecule has 0 fully saturated rings. The van der Waals surface area contributed by atoms with Crippen LogP contribution < -0.4 is 4.72 Å². The fourth-order valence-corrected chi connectivity index (χ4v) is 3.23. The van der Waals surface area contributed by atoms with E-state index in [4.69, 9.17) is 0 Å². The van der Waals surface area contributed by atoms with Crippen LogP contribution in [0.4, 0.5) is 4.39 Å². The molecule has 0 unspecified atom stereocenters. The lowest BCUT2D eigenvalue weighted by Gasteiger charge is -2.20. The van der Waals surface area contributed by atoms with Crippen LogP contribution in [0.15, 0.2) is 24.3 Å². The fraction of sp³-hybridized carbons (Fsp3) is 0.538. The van der Waals surface area contributed by atoms with Crippen molar-refractivity contribution in [3.8, 4) is 0 Å². The third kappa shape index (κ3) is 6.82. The number of benzene rings is 1. The molecule has 0 aliphatic heterocycles. The van der Waals surface area contributed by atoms with Gasteiger partial charge in [0.15, 0.2) is 0 Å². The van der Waals surface area contributed by atoms with Gasteiger partial charge in [0, 0.05) is 19.6 Å². The highest BCUT2D eigenvalue weighted by Crippen LogP contribution is 2.06. The van der Waals surface area contributed by atoms with E-state index in [-0.39, 0.29) is 31.2 Å². The molecular weight excluding hydrogens is 331 g/mol. The number of hydrogen-bond acceptors (Lipinski definition) is 4. The predicted octanol–water partition coefficient (Wildman–Crippen LogP) is 0.569. The first-order valence-corrected chi connectivity index (χ1v) is 10.3. The molecule has 0 saturated carbocycles. The molecule has 22 heavy (non-hydrogen) atoms. The van der Waals surface area contributed by atoms with Gasteiger partial charge in [0.2, 0.25) is 20.0 Å². The molecule has 1 aromatic rings. The van der Waals surface area contributed by atoms with Gasteiger partial charge in [0.25, 0.3) is 0 Å². The Morgan fingerprint density at radius 2 is 1.68 bits per heavy atom. The third-order valence-electron chi connectivity index (χ3n) is 3.10. The van der Waals surface area contributed by atoms with Gasteiger partial charge < -0.3 is 0 Å². The highest BCUT2D eigenvalue weighted by molar-refractivity contribution is 7.89. The normalized spacial score (nSPS) is 12.7. The molecule has 0 amide bonds. The first-order chi connectivity index (χ1) is 10.1. The molecule has 126 valence electrons. The maximum absolute atomic E-state index is 12.8. The maximum Gasteiger partial charge on any atom is 0.211 e. The zero-order valence-electron chi connectivity index (χ0n) is 12.6. The minimum atomic E-state index is -3.44. The van der Waals surface area contributed by atoms with Gasteiger partial charge in [-0.25, -0.2) is 30.3 Å². The summed E-state index contributed by atoms with van der Waals surface area (Å²) in [6.45, 7) is 1.79. The second-order valence-electron chi connectivity index (χ2n) is 4.84. The lowest BCUT2D eigenvalue weighted by atomic mass is 10.1. The monoisotopic (exact) mass is 352 g/mol. The molecule has 1 aromatic carbocycles. The summed E-state index contributed by atoms with van der Waals surface area (Å²) in [7, 11) is -6.79. The van der Waals surface area contributed by atoms with E-state index in [2.05, 4.69) is 4.72 Å². The number of nitrogens with one attached hydrogen (secondary N) is 1. The van der Waals surface area contributed by atoms with Crippen molar-refractivity contribution in [1.82, 2.24) is 9.03 Å². The lowest BCUT2D eigenvalue weighted by Crippen LogP contribution is -2.39. The molecule has 0 aromatic heterocycles. The van der Waals surface area contributed by atoms with Crippen LogP contribution in [0.3, 0.4) is 0 Å². The minimum Gasteiger partial charge on any atom is -0.214 e. The zero-order chi connectivity index (χ0) is 16.8. The Kier molecular flexibility index (Phi) is 6.92. The molecule has 0 aliphatic rings. The van der Waals surface area contributed by atoms with Crippen LogP contribution in [0.25, 0.3) is 0 Å². The number of nitrogens with zero attached hydrogens (tertiary/aromatic N) is 1. The molecule has 1 rings (SSSR count). The molecule has 0 aliphatic carbocycles. The summed E-state index contributed by atoms with van der Waals surface area (Å²) in [4.78, 5) is 0. The number of hydrogen-bond donors (Lipinski definition) is 1. The van der Waals surface area contributed by atoms with Gasteiger partial charge in [0.05, 0.1) is 12.0 Å². The summed E-state index contributed by atoms with van der Waals surface area (Å²) in [6.07, 6.45) is 1.50. The van der Waals surface area contributed by atoms with Crippen LogP contribution in [0.5, 0.6) is 0 Å². The average Bonchev–Trinajstić information content (AvgIpc) is 2.43. The minimum absolute atomic E-state index is 0.0205. The molecule has 0 heterocycles. The molecule has 9 heteroatoms. The molecule has 0 radical (unpaired) electrons. The largest absolute Gasteiger partial charge is 0.214 e. The van der Waals surface area contributed by atoms with Crippen LogP contribution in [-0.4, -0.2) is 52.8 Å². The Labute approximate surface area is 131 Å². The summed E-state index contributed by atoms with van der Waals surface area (Å²) in [5.41, 5.74) is 0.809. The topological polar surface area (TPSA) is 83.6 Å². The fourth-order valence-electron chi connectivity index (χ4n) is 1.78. The summed E-state index contributed by atoms with van der Waals surface area (Å²) in [5, 5.41) is 0. The van der Waals surface area contributed by atoms with E-state index < -0.39 is 20.0 Å². The van der Waals surface area contributed by atoms with E-state index in [0.29, 0.717) is 6.42 Å². The summed E-state index contributed by atoms with van der Waals surface area (Å²) in [6, 6.07) is 5.82. The summed E-state index contributed by atoms with van der Waals surface area (Å²) >= 11 is 0. The van der Waals surface area contributed by atoms with E-state index >= 15 is 0 Å². The van der Waals surface area contributed by atoms with E-state index in [9.17, 15) is 21.2 Å². The van der Waals surface area contributed by atoms with E-state index in [1.54, 1.807) is 12.1 Å². The highest BCUT2D eigenvalue weighted by Gasteiger charge is 2.17. The summed E-state index contributed by atoms with van der Waals surface area (Å²) < 4.78 is 62.4. The average molecular weight is 352 g/mol. The van der Waals surface area contributed by atoms with Crippen LogP contribution in [0.1, 0.15) is 12.5 Å². The number of halogens is 1. The second-order valence-corrected chi connectivity index (χ2v) is 8.91. The molecule has 0 spiro atoms. The van der Waals surface area contributed by atoms with E-state index in [1.165, 1.54) is 23.4 Å². The van der Waals surface area contributed by atoms with Crippen molar-refractivity contribution in [2.45, 2.75) is 13.3 Å². The molecule has 6 nitrogen and oxygen atoms in total. The first-order valence-electron chi connectivity index (χ1n) is 6.81. The van der Waals surface area contributed by atoms with Crippen molar-refractivity contribution in [1.29, 1.82) is 0 Å². The smallest absolute Gasteiger partial charge is 0.211 e. The molecule has 0 saturated heterocycles. The maximum atomic E-state index is 12.8. The van der Waals surface area contributed by atoms with Gasteiger partial charge >= 0.3 is 0 Å². The summed E-state index contributed by atoms with van der Waals surface area (Å²) in [5.74, 6) is -0.403. The van der Waals surface area contributed by atoms with Crippen molar-refractivity contribution in [2.24, 2.45) is 0 Å². The molecular formula is C13H21FN2O4S2. The van der Waals surface area contributed by atoms with Gasteiger partial charge in [-0.3, -0.25) is 0 Å². The second kappa shape index (κ2) is 8.00. The van der Waals surface area contributed by atoms with E-state index in [1.807, 2.05) is 0 Å². The Balaban J connectivity index is 2.60. The predicted molar refractivity (Wildman–Crippen MR) is 84.0 cm³/mol. The van der Waals surface area contributed by atoms with Crippen molar-refractivity contribution in [3.05, 3.63) is 35.6 Å². The van der Waals surface area contributed by atoms with Crippen molar-refractivity contribution >= 4 is 20.0 Å². The first kappa shape index (κ1) is 19.0. The van der Waals surface area contributed by atoms with Crippen molar-refractivity contribution in [3.63, 3.8) is 0 Å².